The maximum atomic E-state index is 12.4. The Morgan fingerprint density at radius 3 is 1.14 bits per heavy atom. The zero-order chi connectivity index (χ0) is 70.0. The number of phenolic OH excluding ortho intramolecular Hbond substituents is 3. The number of aliphatic carboxylic acids is 1. The van der Waals surface area contributed by atoms with Crippen molar-refractivity contribution in [1.82, 2.24) is 5.32 Å². The van der Waals surface area contributed by atoms with Gasteiger partial charge < -0.3 is 40.0 Å². The number of hydrogen-bond donors (Lipinski definition) is 5. The normalized spacial score (nSPS) is 13.7. The number of allylic oxidation sites excluding steroid dienone is 16. The maximum Gasteiger partial charge on any atom is 0.342 e. The number of cyclic esters (lactones) is 3. The number of aromatic hydroxyl groups is 3. The van der Waals surface area contributed by atoms with Gasteiger partial charge in [-0.25, -0.2) is 14.4 Å². The summed E-state index contributed by atoms with van der Waals surface area (Å²) in [6.45, 7) is 22.9. The summed E-state index contributed by atoms with van der Waals surface area (Å²) in [5.74, 6) is -1.68. The number of carboxylic acids is 1. The number of nitrogens with one attached hydrogen (secondary N) is 1. The lowest BCUT2D eigenvalue weighted by atomic mass is 9.91. The van der Waals surface area contributed by atoms with Crippen molar-refractivity contribution in [2.75, 3.05) is 6.54 Å². The predicted octanol–water partition coefficient (Wildman–Crippen LogP) is 17.9. The number of unbranched alkanes of at least 4 members (excludes halogenated alkanes) is 4. The Hall–Kier alpha value is -8.33. The van der Waals surface area contributed by atoms with Crippen LogP contribution in [0.4, 0.5) is 0 Å². The monoisotopic (exact) mass is 1310 g/mol. The van der Waals surface area contributed by atoms with Gasteiger partial charge in [-0.2, -0.15) is 0 Å². The van der Waals surface area contributed by atoms with E-state index >= 15 is 0 Å². The number of fused-ring (bicyclic) bond motifs is 3. The Labute approximate surface area is 565 Å². The predicted molar refractivity (Wildman–Crippen MR) is 377 cm³/mol. The van der Waals surface area contributed by atoms with Crippen LogP contribution in [0, 0.1) is 41.5 Å². The van der Waals surface area contributed by atoms with Crippen LogP contribution in [0.2, 0.25) is 0 Å². The fraction of sp³-hybridized carbons (Fsp3) is 0.487. The van der Waals surface area contributed by atoms with Crippen LogP contribution in [0.3, 0.4) is 0 Å². The van der Waals surface area contributed by atoms with E-state index in [9.17, 15) is 48.9 Å². The molecule has 0 aliphatic carbocycles. The smallest absolute Gasteiger partial charge is 0.342 e. The fourth-order valence-corrected chi connectivity index (χ4v) is 11.3. The summed E-state index contributed by atoms with van der Waals surface area (Å²) in [6.07, 6.45) is 46.0. The second kappa shape index (κ2) is 42.2. The molecule has 0 unspecified atom stereocenters. The molecule has 3 heterocycles. The highest BCUT2D eigenvalue weighted by Crippen LogP contribution is 2.40. The van der Waals surface area contributed by atoms with Gasteiger partial charge in [0.15, 0.2) is 0 Å². The van der Waals surface area contributed by atoms with Crippen LogP contribution in [0.1, 0.15) is 267 Å². The molecule has 3 aromatic carbocycles. The average molecular weight is 1310 g/mol. The molecule has 516 valence electrons. The highest BCUT2D eigenvalue weighted by Gasteiger charge is 2.33. The van der Waals surface area contributed by atoms with Crippen LogP contribution in [0.15, 0.2) is 95.7 Å². The van der Waals surface area contributed by atoms with Crippen molar-refractivity contribution >= 4 is 41.4 Å². The number of rotatable bonds is 37. The zero-order valence-electron chi connectivity index (χ0n) is 58.7. The second-order valence-electron chi connectivity index (χ2n) is 25.1. The maximum absolute atomic E-state index is 12.4. The molecule has 0 saturated carbocycles. The van der Waals surface area contributed by atoms with Gasteiger partial charge in [0.2, 0.25) is 5.91 Å². The number of ketones is 2. The summed E-state index contributed by atoms with van der Waals surface area (Å²) in [5.41, 5.74) is 14.4. The number of carbonyl (C=O) groups is 7. The molecular formula is C80H107NO14. The quantitative estimate of drug-likeness (QED) is 0.0156. The number of carboxylic acid groups (broad SMARTS) is 1. The number of ether oxygens (including phenoxy) is 3. The van der Waals surface area contributed by atoms with Crippen molar-refractivity contribution in [3.05, 3.63) is 179 Å². The van der Waals surface area contributed by atoms with Crippen LogP contribution in [0.25, 0.3) is 0 Å². The van der Waals surface area contributed by atoms with Gasteiger partial charge >= 0.3 is 23.9 Å². The van der Waals surface area contributed by atoms with E-state index in [1.54, 1.807) is 0 Å². The van der Waals surface area contributed by atoms with Crippen molar-refractivity contribution in [3.8, 4) is 17.2 Å². The van der Waals surface area contributed by atoms with E-state index in [0.717, 1.165) is 136 Å². The largest absolute Gasteiger partial charge is 0.507 e. The molecular weight excluding hydrogens is 1200 g/mol. The molecule has 3 aromatic rings. The Morgan fingerprint density at radius 1 is 0.421 bits per heavy atom. The van der Waals surface area contributed by atoms with Crippen molar-refractivity contribution in [2.24, 2.45) is 0 Å². The van der Waals surface area contributed by atoms with Crippen LogP contribution >= 0.6 is 0 Å². The van der Waals surface area contributed by atoms with Crippen LogP contribution in [-0.4, -0.2) is 68.3 Å². The third-order valence-corrected chi connectivity index (χ3v) is 18.0. The lowest BCUT2D eigenvalue weighted by Gasteiger charge is -2.14. The Morgan fingerprint density at radius 2 is 0.768 bits per heavy atom. The van der Waals surface area contributed by atoms with Crippen molar-refractivity contribution in [1.29, 1.82) is 0 Å². The molecule has 15 heteroatoms. The number of amides is 1. The molecule has 5 N–H and O–H groups in total. The number of benzene rings is 3. The number of carbonyl (C=O) groups excluding carboxylic acids is 6. The van der Waals surface area contributed by atoms with Gasteiger partial charge in [-0.1, -0.05) is 116 Å². The van der Waals surface area contributed by atoms with Gasteiger partial charge in [0.05, 0.1) is 0 Å². The first kappa shape index (κ1) is 79.1. The van der Waals surface area contributed by atoms with Crippen LogP contribution in [-0.2, 0) is 72.5 Å². The number of hydrogen-bond acceptors (Lipinski definition) is 13. The lowest BCUT2D eigenvalue weighted by molar-refractivity contribution is -0.137. The summed E-state index contributed by atoms with van der Waals surface area (Å²) < 4.78 is 15.2. The van der Waals surface area contributed by atoms with Gasteiger partial charge in [-0.05, 0) is 205 Å². The van der Waals surface area contributed by atoms with E-state index in [0.29, 0.717) is 101 Å². The zero-order valence-corrected chi connectivity index (χ0v) is 58.7. The molecule has 1 amide bonds. The Bertz CT molecular complexity index is 3430. The Balaban J connectivity index is 0.000000339. The highest BCUT2D eigenvalue weighted by atomic mass is 16.5. The molecule has 0 aromatic heterocycles. The van der Waals surface area contributed by atoms with Gasteiger partial charge in [-0.15, -0.1) is 0 Å². The first-order chi connectivity index (χ1) is 45.4. The summed E-state index contributed by atoms with van der Waals surface area (Å²) in [5, 5.41) is 43.2. The molecule has 0 fully saturated rings. The molecule has 0 spiro atoms. The topological polar surface area (TPSA) is 240 Å². The van der Waals surface area contributed by atoms with Gasteiger partial charge in [0.1, 0.15) is 65.3 Å². The minimum absolute atomic E-state index is 0.0112. The molecule has 3 aliphatic rings. The summed E-state index contributed by atoms with van der Waals surface area (Å²) in [4.78, 5) is 82.6. The third-order valence-electron chi connectivity index (χ3n) is 18.0. The minimum Gasteiger partial charge on any atom is -0.507 e. The van der Waals surface area contributed by atoms with E-state index in [4.69, 9.17) is 19.3 Å². The number of phenols is 3. The van der Waals surface area contributed by atoms with E-state index in [1.807, 2.05) is 80.5 Å². The molecule has 6 rings (SSSR count). The van der Waals surface area contributed by atoms with E-state index < -0.39 is 23.9 Å². The molecule has 15 nitrogen and oxygen atoms in total. The molecule has 0 radical (unpaired) electrons. The number of esters is 3. The molecule has 0 saturated heterocycles. The summed E-state index contributed by atoms with van der Waals surface area (Å²) >= 11 is 0. The van der Waals surface area contributed by atoms with Crippen molar-refractivity contribution < 1.29 is 68.2 Å². The summed E-state index contributed by atoms with van der Waals surface area (Å²) in [7, 11) is 0. The average Bonchev–Trinajstić information content (AvgIpc) is 1.69. The lowest BCUT2D eigenvalue weighted by Crippen LogP contribution is -2.24. The van der Waals surface area contributed by atoms with Gasteiger partial charge in [-0.3, -0.25) is 19.2 Å². The van der Waals surface area contributed by atoms with Gasteiger partial charge in [0, 0.05) is 78.5 Å². The van der Waals surface area contributed by atoms with Crippen molar-refractivity contribution in [2.45, 2.75) is 250 Å². The summed E-state index contributed by atoms with van der Waals surface area (Å²) in [6, 6.07) is 0. The molecule has 3 aliphatic heterocycles. The standard InChI is InChI=1S/C42H59NO5.C21H28O4.C17H20O5/c1-5-6-7-8-9-10-11-12-13-14-15-16-17-18-19-20-21-22-23-26-39(45)43-31-24-25-36(44)29-27-33(2)28-30-37-34(3)35(4)38-32-48-42(47)40(38)41(37)46;1-5-6-7-16(22)10-8-13(2)9-11-17-14(3)15(4)18-12-25-21(24)19(18)20(17)23;1-9(5-7-14(18)19)4-6-12-10(2)11(3)13-8-22-17(21)15(13)16(12)20/h6-7,9-10,12-13,18-19,21-22,28,46H,5,8,11,14-17,20,23-27,29-32H2,1-4H3,(H,43,45);9,23H,5-8,10-12H2,1-4H3;4,20H,5-8H2,1-3H3,(H,18,19)/b7-6-,10-9-,13-12-,19-18-,22-21-,33-28+;13-9+;9-4+. The Kier molecular flexibility index (Phi) is 35.1. The van der Waals surface area contributed by atoms with Crippen LogP contribution < -0.4 is 5.32 Å². The first-order valence-electron chi connectivity index (χ1n) is 34.2. The number of Topliss-reactive ketones (excluding diaryl/α,β-unsaturated/α-hetero) is 2. The minimum atomic E-state index is -0.831. The van der Waals surface area contributed by atoms with Gasteiger partial charge in [0.25, 0.3) is 0 Å². The van der Waals surface area contributed by atoms with E-state index in [2.05, 4.69) is 79.9 Å². The second-order valence-corrected chi connectivity index (χ2v) is 25.1. The first-order valence-corrected chi connectivity index (χ1v) is 34.2. The SMILES string of the molecule is C/C(=C\Cc1c(C)c(C)c2c(c1O)C(=O)OC2)CCC(=O)O.CC/C=C\C/C=C\C/C=C\CCCC/C=C\C/C=C\CCC(=O)NCCCC(=O)CC/C(C)=C/Cc1c(C)c(C)c2c(c1O)C(=O)OC2.CCCCC(=O)CC/C(C)=C/Cc1c(C)c(C)c2c(c1O)C(=O)OC2. The molecule has 0 atom stereocenters. The third kappa shape index (κ3) is 25.7. The van der Waals surface area contributed by atoms with E-state index in [1.165, 1.54) is 12.8 Å². The molecule has 0 bridgehead atoms. The molecule has 95 heavy (non-hydrogen) atoms. The van der Waals surface area contributed by atoms with Crippen LogP contribution in [0.5, 0.6) is 17.2 Å². The fourth-order valence-electron chi connectivity index (χ4n) is 11.3. The van der Waals surface area contributed by atoms with Crippen molar-refractivity contribution in [3.63, 3.8) is 0 Å². The van der Waals surface area contributed by atoms with E-state index in [-0.39, 0.29) is 66.3 Å². The highest BCUT2D eigenvalue weighted by molar-refractivity contribution is 5.99.